The molecule has 1 aliphatic rings. The number of carbonyl (C=O) groups excluding carboxylic acids is 1. The van der Waals surface area contributed by atoms with Crippen LogP contribution in [-0.2, 0) is 20.7 Å². The summed E-state index contributed by atoms with van der Waals surface area (Å²) in [6, 6.07) is 5.09. The van der Waals surface area contributed by atoms with Gasteiger partial charge in [-0.25, -0.2) is 4.79 Å². The molecule has 6 nitrogen and oxygen atoms in total. The zero-order chi connectivity index (χ0) is 17.6. The van der Waals surface area contributed by atoms with Crippen LogP contribution >= 0.6 is 0 Å². The second-order valence-electron chi connectivity index (χ2n) is 6.36. The van der Waals surface area contributed by atoms with E-state index in [0.29, 0.717) is 23.4 Å². The number of rotatable bonds is 3. The maximum Gasteiger partial charge on any atom is 0.330 e. The van der Waals surface area contributed by atoms with Crippen molar-refractivity contribution in [1.29, 1.82) is 0 Å². The summed E-state index contributed by atoms with van der Waals surface area (Å²) in [6.45, 7) is 4.08. The predicted octanol–water partition coefficient (Wildman–Crippen LogP) is 1.66. The highest BCUT2D eigenvalue weighted by molar-refractivity contribution is 6.04. The van der Waals surface area contributed by atoms with Crippen LogP contribution < -0.4 is 16.0 Å². The number of ketones is 1. The monoisotopic (exact) mass is 328 g/mol. The zero-order valence-corrected chi connectivity index (χ0v) is 14.3. The Morgan fingerprint density at radius 2 is 1.88 bits per heavy atom. The summed E-state index contributed by atoms with van der Waals surface area (Å²) < 4.78 is 8.23. The smallest absolute Gasteiger partial charge is 0.330 e. The number of Topliss-reactive ketones (excluding diaryl/α,β-unsaturated/α-hetero) is 1. The Balaban J connectivity index is 1.97. The molecule has 1 atom stereocenters. The van der Waals surface area contributed by atoms with Crippen molar-refractivity contribution in [2.75, 3.05) is 0 Å². The minimum absolute atomic E-state index is 0.0545. The Morgan fingerprint density at radius 3 is 2.58 bits per heavy atom. The van der Waals surface area contributed by atoms with E-state index in [9.17, 15) is 14.4 Å². The average Bonchev–Trinajstić information content (AvgIpc) is 2.85. The van der Waals surface area contributed by atoms with Gasteiger partial charge in [0, 0.05) is 26.6 Å². The molecule has 0 aliphatic heterocycles. The highest BCUT2D eigenvalue weighted by Crippen LogP contribution is 2.40. The van der Waals surface area contributed by atoms with Crippen molar-refractivity contribution >= 4 is 5.78 Å². The molecule has 1 heterocycles. The normalized spacial score (nSPS) is 16.3. The lowest BCUT2D eigenvalue weighted by Crippen LogP contribution is -2.38. The number of ether oxygens (including phenoxy) is 1. The molecule has 2 aromatic rings. The number of hydrogen-bond acceptors (Lipinski definition) is 4. The predicted molar refractivity (Wildman–Crippen MR) is 89.8 cm³/mol. The maximum absolute atomic E-state index is 12.3. The molecule has 0 saturated carbocycles. The van der Waals surface area contributed by atoms with Crippen LogP contribution in [0.5, 0.6) is 5.75 Å². The Kier molecular flexibility index (Phi) is 3.91. The Hall–Kier alpha value is -2.63. The van der Waals surface area contributed by atoms with E-state index in [2.05, 4.69) is 0 Å². The van der Waals surface area contributed by atoms with Gasteiger partial charge in [0.25, 0.3) is 5.56 Å². The molecule has 0 fully saturated rings. The Morgan fingerprint density at radius 1 is 1.17 bits per heavy atom. The molecule has 126 valence electrons. The summed E-state index contributed by atoms with van der Waals surface area (Å²) in [4.78, 5) is 36.0. The first-order chi connectivity index (χ1) is 11.3. The molecule has 1 aromatic heterocycles. The van der Waals surface area contributed by atoms with Gasteiger partial charge < -0.3 is 4.74 Å². The second kappa shape index (κ2) is 5.78. The Bertz CT molecular complexity index is 953. The largest absolute Gasteiger partial charge is 0.487 e. The van der Waals surface area contributed by atoms with Gasteiger partial charge in [-0.3, -0.25) is 18.7 Å². The number of aromatic nitrogens is 2. The molecule has 1 aromatic carbocycles. The fraction of sp³-hybridized carbons (Fsp3) is 0.389. The van der Waals surface area contributed by atoms with Crippen molar-refractivity contribution in [3.05, 3.63) is 61.4 Å². The lowest BCUT2D eigenvalue weighted by Gasteiger charge is -2.15. The molecule has 0 spiro atoms. The molecule has 0 amide bonds. The van der Waals surface area contributed by atoms with Crippen molar-refractivity contribution < 1.29 is 9.53 Å². The SMILES string of the molecule is Cc1ccc(OCc2cc(=O)n(C)c(=O)n2C)c2c1[C@H](C)CC2=O. The summed E-state index contributed by atoms with van der Waals surface area (Å²) in [5.41, 5.74) is 2.44. The summed E-state index contributed by atoms with van der Waals surface area (Å²) >= 11 is 0. The van der Waals surface area contributed by atoms with Gasteiger partial charge in [0.05, 0.1) is 11.3 Å². The fourth-order valence-corrected chi connectivity index (χ4v) is 3.30. The van der Waals surface area contributed by atoms with E-state index in [1.165, 1.54) is 17.7 Å². The standard InChI is InChI=1S/C18H20N2O4/c1-10-5-6-14(17-13(21)7-11(2)16(10)17)24-9-12-8-15(22)20(4)18(23)19(12)3/h5-6,8,11H,7,9H2,1-4H3/t11-/m1/s1. The number of aryl methyl sites for hydroxylation is 1. The highest BCUT2D eigenvalue weighted by Gasteiger charge is 2.31. The fourth-order valence-electron chi connectivity index (χ4n) is 3.30. The molecule has 24 heavy (non-hydrogen) atoms. The number of benzene rings is 1. The molecular weight excluding hydrogens is 308 g/mol. The third-order valence-electron chi connectivity index (χ3n) is 4.69. The molecular formula is C18H20N2O4. The van der Waals surface area contributed by atoms with Crippen LogP contribution in [0.15, 0.2) is 27.8 Å². The number of hydrogen-bond donors (Lipinski definition) is 0. The molecule has 0 radical (unpaired) electrons. The summed E-state index contributed by atoms with van der Waals surface area (Å²) in [6.07, 6.45) is 0.487. The van der Waals surface area contributed by atoms with Gasteiger partial charge >= 0.3 is 5.69 Å². The minimum atomic E-state index is -0.403. The van der Waals surface area contributed by atoms with Gasteiger partial charge in [-0.2, -0.15) is 0 Å². The van der Waals surface area contributed by atoms with Crippen LogP contribution in [-0.4, -0.2) is 14.9 Å². The maximum atomic E-state index is 12.3. The van der Waals surface area contributed by atoms with Gasteiger partial charge in [0.15, 0.2) is 5.78 Å². The number of carbonyl (C=O) groups is 1. The second-order valence-corrected chi connectivity index (χ2v) is 6.36. The molecule has 0 saturated heterocycles. The van der Waals surface area contributed by atoms with Gasteiger partial charge in [-0.05, 0) is 30.0 Å². The molecule has 3 rings (SSSR count). The topological polar surface area (TPSA) is 70.3 Å². The molecule has 0 N–H and O–H groups in total. The summed E-state index contributed by atoms with van der Waals surface area (Å²) in [7, 11) is 3.02. The number of fused-ring (bicyclic) bond motifs is 1. The van der Waals surface area contributed by atoms with Gasteiger partial charge in [0.1, 0.15) is 12.4 Å². The van der Waals surface area contributed by atoms with E-state index < -0.39 is 5.69 Å². The molecule has 6 heteroatoms. The van der Waals surface area contributed by atoms with Crippen molar-refractivity contribution in [2.24, 2.45) is 14.1 Å². The highest BCUT2D eigenvalue weighted by atomic mass is 16.5. The zero-order valence-electron chi connectivity index (χ0n) is 14.3. The van der Waals surface area contributed by atoms with Crippen molar-refractivity contribution in [2.45, 2.75) is 32.8 Å². The van der Waals surface area contributed by atoms with Gasteiger partial charge in [-0.15, -0.1) is 0 Å². The quantitative estimate of drug-likeness (QED) is 0.859. The van der Waals surface area contributed by atoms with E-state index in [1.807, 2.05) is 19.9 Å². The molecule has 0 bridgehead atoms. The van der Waals surface area contributed by atoms with E-state index in [0.717, 1.165) is 15.7 Å². The van der Waals surface area contributed by atoms with Crippen LogP contribution in [0.2, 0.25) is 0 Å². The third-order valence-corrected chi connectivity index (χ3v) is 4.69. The first-order valence-corrected chi connectivity index (χ1v) is 7.86. The van der Waals surface area contributed by atoms with Gasteiger partial charge in [-0.1, -0.05) is 13.0 Å². The van der Waals surface area contributed by atoms with E-state index in [4.69, 9.17) is 4.74 Å². The summed E-state index contributed by atoms with van der Waals surface area (Å²) in [5.74, 6) is 0.775. The lowest BCUT2D eigenvalue weighted by atomic mass is 9.97. The van der Waals surface area contributed by atoms with E-state index in [-0.39, 0.29) is 23.9 Å². The van der Waals surface area contributed by atoms with Crippen LogP contribution in [0, 0.1) is 6.92 Å². The van der Waals surface area contributed by atoms with E-state index >= 15 is 0 Å². The van der Waals surface area contributed by atoms with Crippen molar-refractivity contribution in [3.8, 4) is 5.75 Å². The van der Waals surface area contributed by atoms with Crippen LogP contribution in [0.1, 0.15) is 46.4 Å². The molecule has 0 unspecified atom stereocenters. The van der Waals surface area contributed by atoms with Gasteiger partial charge in [0.2, 0.25) is 0 Å². The molecule has 1 aliphatic carbocycles. The first-order valence-electron chi connectivity index (χ1n) is 7.86. The van der Waals surface area contributed by atoms with Crippen LogP contribution in [0.4, 0.5) is 0 Å². The minimum Gasteiger partial charge on any atom is -0.487 e. The van der Waals surface area contributed by atoms with Crippen molar-refractivity contribution in [1.82, 2.24) is 9.13 Å². The number of nitrogens with zero attached hydrogens (tertiary/aromatic N) is 2. The van der Waals surface area contributed by atoms with Crippen LogP contribution in [0.25, 0.3) is 0 Å². The Labute approximate surface area is 139 Å². The lowest BCUT2D eigenvalue weighted by molar-refractivity contribution is 0.0986. The van der Waals surface area contributed by atoms with Crippen LogP contribution in [0.3, 0.4) is 0 Å². The third kappa shape index (κ3) is 2.48. The van der Waals surface area contributed by atoms with E-state index in [1.54, 1.807) is 13.1 Å². The summed E-state index contributed by atoms with van der Waals surface area (Å²) in [5, 5.41) is 0. The van der Waals surface area contributed by atoms with Crippen molar-refractivity contribution in [3.63, 3.8) is 0 Å². The average molecular weight is 328 g/mol. The first kappa shape index (κ1) is 16.2.